The van der Waals surface area contributed by atoms with Gasteiger partial charge in [-0.1, -0.05) is 18.9 Å². The summed E-state index contributed by atoms with van der Waals surface area (Å²) in [5.41, 5.74) is -0.234. The van der Waals surface area contributed by atoms with Crippen LogP contribution in [0.3, 0.4) is 0 Å². The Morgan fingerprint density at radius 2 is 1.95 bits per heavy atom. The van der Waals surface area contributed by atoms with Crippen molar-refractivity contribution in [2.75, 3.05) is 13.1 Å². The first kappa shape index (κ1) is 15.9. The van der Waals surface area contributed by atoms with E-state index in [1.807, 2.05) is 0 Å². The lowest BCUT2D eigenvalue weighted by atomic mass is 10.2. The number of rotatable bonds is 7. The number of hydrogen-bond acceptors (Lipinski definition) is 5. The van der Waals surface area contributed by atoms with Crippen LogP contribution >= 0.6 is 0 Å². The van der Waals surface area contributed by atoms with Gasteiger partial charge in [0.1, 0.15) is 0 Å². The van der Waals surface area contributed by atoms with Crippen molar-refractivity contribution in [2.45, 2.75) is 36.6 Å². The van der Waals surface area contributed by atoms with Crippen LogP contribution in [0.5, 0.6) is 0 Å². The molecule has 1 aromatic rings. The number of nitrogens with zero attached hydrogens (tertiary/aromatic N) is 1. The zero-order chi connectivity index (χ0) is 15.3. The number of hydrogen-bond donors (Lipinski definition) is 2. The minimum atomic E-state index is -3.71. The molecule has 0 saturated heterocycles. The second-order valence-electron chi connectivity index (χ2n) is 5.09. The molecular formula is C13H19N3O4S. The van der Waals surface area contributed by atoms with E-state index in [1.165, 1.54) is 31.0 Å². The van der Waals surface area contributed by atoms with Gasteiger partial charge in [-0.2, -0.15) is 0 Å². The lowest BCUT2D eigenvalue weighted by Gasteiger charge is -2.12. The van der Waals surface area contributed by atoms with Crippen LogP contribution in [-0.2, 0) is 10.0 Å². The number of benzene rings is 1. The van der Waals surface area contributed by atoms with Crippen LogP contribution in [0.25, 0.3) is 0 Å². The number of sulfonamides is 1. The first-order valence-electron chi connectivity index (χ1n) is 6.96. The summed E-state index contributed by atoms with van der Waals surface area (Å²) in [6, 6.07) is 5.52. The van der Waals surface area contributed by atoms with Crippen molar-refractivity contribution in [3.8, 4) is 0 Å². The van der Waals surface area contributed by atoms with E-state index in [4.69, 9.17) is 0 Å². The highest BCUT2D eigenvalue weighted by molar-refractivity contribution is 7.89. The molecular weight excluding hydrogens is 294 g/mol. The number of nitro benzene ring substituents is 1. The molecule has 2 rings (SSSR count). The normalized spacial score (nSPS) is 16.2. The van der Waals surface area contributed by atoms with Crippen molar-refractivity contribution in [1.82, 2.24) is 10.0 Å². The third-order valence-electron chi connectivity index (χ3n) is 3.54. The molecule has 1 aliphatic carbocycles. The molecule has 1 aromatic carbocycles. The molecule has 21 heavy (non-hydrogen) atoms. The van der Waals surface area contributed by atoms with Gasteiger partial charge in [0.25, 0.3) is 5.69 Å². The molecule has 0 radical (unpaired) electrons. The molecule has 0 spiro atoms. The highest BCUT2D eigenvalue weighted by atomic mass is 32.2. The molecule has 116 valence electrons. The van der Waals surface area contributed by atoms with Gasteiger partial charge in [-0.15, -0.1) is 0 Å². The zero-order valence-corrected chi connectivity index (χ0v) is 12.4. The Balaban J connectivity index is 1.88. The van der Waals surface area contributed by atoms with Crippen LogP contribution in [0, 0.1) is 10.1 Å². The first-order valence-corrected chi connectivity index (χ1v) is 8.45. The fourth-order valence-electron chi connectivity index (χ4n) is 2.44. The number of non-ortho nitro benzene ring substituents is 1. The third kappa shape index (κ3) is 4.48. The number of nitro groups is 1. The van der Waals surface area contributed by atoms with Crippen LogP contribution in [-0.4, -0.2) is 32.5 Å². The predicted molar refractivity (Wildman–Crippen MR) is 78.5 cm³/mol. The maximum atomic E-state index is 12.0. The molecule has 8 heteroatoms. The average Bonchev–Trinajstić information content (AvgIpc) is 2.97. The molecule has 0 bridgehead atoms. The van der Waals surface area contributed by atoms with Gasteiger partial charge in [0.05, 0.1) is 9.82 Å². The van der Waals surface area contributed by atoms with Crippen LogP contribution in [0.1, 0.15) is 25.7 Å². The maximum absolute atomic E-state index is 12.0. The summed E-state index contributed by atoms with van der Waals surface area (Å²) in [6.07, 6.45) is 4.71. The quantitative estimate of drug-likeness (QED) is 0.450. The van der Waals surface area contributed by atoms with E-state index in [9.17, 15) is 18.5 Å². The topological polar surface area (TPSA) is 101 Å². The molecule has 0 unspecified atom stereocenters. The molecule has 1 saturated carbocycles. The summed E-state index contributed by atoms with van der Waals surface area (Å²) < 4.78 is 26.5. The van der Waals surface area contributed by atoms with E-state index in [-0.39, 0.29) is 17.1 Å². The number of nitrogens with one attached hydrogen (secondary N) is 2. The fourth-order valence-corrected chi connectivity index (χ4v) is 3.51. The van der Waals surface area contributed by atoms with Gasteiger partial charge in [0.15, 0.2) is 0 Å². The molecule has 0 aromatic heterocycles. The Bertz CT molecular complexity index is 597. The van der Waals surface area contributed by atoms with Crippen molar-refractivity contribution in [2.24, 2.45) is 0 Å². The van der Waals surface area contributed by atoms with Crippen molar-refractivity contribution < 1.29 is 13.3 Å². The van der Waals surface area contributed by atoms with Gasteiger partial charge in [-0.05, 0) is 18.9 Å². The summed E-state index contributed by atoms with van der Waals surface area (Å²) in [5, 5.41) is 14.0. The van der Waals surface area contributed by atoms with E-state index < -0.39 is 14.9 Å². The second-order valence-corrected chi connectivity index (χ2v) is 6.85. The average molecular weight is 313 g/mol. The molecule has 2 N–H and O–H groups in total. The minimum absolute atomic E-state index is 0.0856. The minimum Gasteiger partial charge on any atom is -0.313 e. The van der Waals surface area contributed by atoms with Crippen LogP contribution in [0.4, 0.5) is 5.69 Å². The Morgan fingerprint density at radius 1 is 1.24 bits per heavy atom. The van der Waals surface area contributed by atoms with Crippen molar-refractivity contribution in [1.29, 1.82) is 0 Å². The Hall–Kier alpha value is -1.51. The Morgan fingerprint density at radius 3 is 2.62 bits per heavy atom. The summed E-state index contributed by atoms with van der Waals surface area (Å²) in [7, 11) is -3.71. The Kier molecular flexibility index (Phi) is 5.27. The third-order valence-corrected chi connectivity index (χ3v) is 5.00. The van der Waals surface area contributed by atoms with Crippen LogP contribution in [0.15, 0.2) is 29.2 Å². The molecule has 0 heterocycles. The van der Waals surface area contributed by atoms with Crippen molar-refractivity contribution in [3.05, 3.63) is 34.4 Å². The summed E-state index contributed by atoms with van der Waals surface area (Å²) >= 11 is 0. The second kappa shape index (κ2) is 6.97. The summed E-state index contributed by atoms with van der Waals surface area (Å²) in [5.74, 6) is 0. The molecule has 0 atom stereocenters. The van der Waals surface area contributed by atoms with Crippen LogP contribution in [0.2, 0.25) is 0 Å². The maximum Gasteiger partial charge on any atom is 0.270 e. The lowest BCUT2D eigenvalue weighted by molar-refractivity contribution is -0.385. The largest absolute Gasteiger partial charge is 0.313 e. The van der Waals surface area contributed by atoms with E-state index >= 15 is 0 Å². The van der Waals surface area contributed by atoms with Gasteiger partial charge in [0, 0.05) is 31.3 Å². The molecule has 7 nitrogen and oxygen atoms in total. The Labute approximate surface area is 123 Å². The summed E-state index contributed by atoms with van der Waals surface area (Å²) in [4.78, 5) is 9.97. The van der Waals surface area contributed by atoms with E-state index in [2.05, 4.69) is 10.0 Å². The van der Waals surface area contributed by atoms with E-state index in [1.54, 1.807) is 0 Å². The highest BCUT2D eigenvalue weighted by Crippen LogP contribution is 2.18. The van der Waals surface area contributed by atoms with E-state index in [0.29, 0.717) is 12.6 Å². The predicted octanol–water partition coefficient (Wildman–Crippen LogP) is 1.41. The van der Waals surface area contributed by atoms with Crippen molar-refractivity contribution in [3.63, 3.8) is 0 Å². The molecule has 0 amide bonds. The first-order chi connectivity index (χ1) is 9.99. The molecule has 0 aliphatic heterocycles. The summed E-state index contributed by atoms with van der Waals surface area (Å²) in [6.45, 7) is 0.820. The van der Waals surface area contributed by atoms with Gasteiger partial charge >= 0.3 is 0 Å². The van der Waals surface area contributed by atoms with Crippen LogP contribution < -0.4 is 10.0 Å². The van der Waals surface area contributed by atoms with Gasteiger partial charge in [-0.25, -0.2) is 13.1 Å². The zero-order valence-electron chi connectivity index (χ0n) is 11.6. The van der Waals surface area contributed by atoms with Gasteiger partial charge < -0.3 is 5.32 Å². The standard InChI is InChI=1S/C13H19N3O4S/c17-16(18)12-6-3-7-13(10-12)21(19,20)15-9-8-14-11-4-1-2-5-11/h3,6-7,10-11,14-15H,1-2,4-5,8-9H2. The molecule has 1 fully saturated rings. The molecule has 1 aliphatic rings. The van der Waals surface area contributed by atoms with E-state index in [0.717, 1.165) is 18.9 Å². The van der Waals surface area contributed by atoms with Gasteiger partial charge in [0.2, 0.25) is 10.0 Å². The monoisotopic (exact) mass is 313 g/mol. The highest BCUT2D eigenvalue weighted by Gasteiger charge is 2.18. The smallest absolute Gasteiger partial charge is 0.270 e. The SMILES string of the molecule is O=[N+]([O-])c1cccc(S(=O)(=O)NCCNC2CCCC2)c1. The van der Waals surface area contributed by atoms with Gasteiger partial charge in [-0.3, -0.25) is 10.1 Å². The fraction of sp³-hybridized carbons (Fsp3) is 0.538. The lowest BCUT2D eigenvalue weighted by Crippen LogP contribution is -2.35. The van der Waals surface area contributed by atoms with Crippen molar-refractivity contribution >= 4 is 15.7 Å².